The Morgan fingerprint density at radius 3 is 2.57 bits per heavy atom. The molecule has 3 heterocycles. The van der Waals surface area contributed by atoms with Gasteiger partial charge in [0.25, 0.3) is 0 Å². The molecule has 0 radical (unpaired) electrons. The van der Waals surface area contributed by atoms with E-state index in [-0.39, 0.29) is 0 Å². The largest absolute Gasteiger partial charge is 0.427 e. The number of halogens is 3. The highest BCUT2D eigenvalue weighted by Gasteiger charge is 2.34. The maximum absolute atomic E-state index is 12.6. The van der Waals surface area contributed by atoms with Gasteiger partial charge in [0, 0.05) is 32.6 Å². The van der Waals surface area contributed by atoms with Crippen LogP contribution >= 0.6 is 11.3 Å². The van der Waals surface area contributed by atoms with Gasteiger partial charge >= 0.3 is 6.18 Å². The smallest absolute Gasteiger partial charge is 0.346 e. The Balaban J connectivity index is 1.55. The minimum atomic E-state index is -4.33. The molecule has 10 heteroatoms. The van der Waals surface area contributed by atoms with Gasteiger partial charge in [0.05, 0.1) is 12.7 Å². The second kappa shape index (κ2) is 6.44. The first-order valence-corrected chi connectivity index (χ1v) is 8.09. The van der Waals surface area contributed by atoms with Crippen molar-refractivity contribution in [2.75, 3.05) is 31.1 Å². The lowest BCUT2D eigenvalue weighted by Gasteiger charge is -2.33. The summed E-state index contributed by atoms with van der Waals surface area (Å²) in [6, 6.07) is 0. The van der Waals surface area contributed by atoms with Crippen molar-refractivity contribution in [1.29, 1.82) is 0 Å². The molecule has 126 valence electrons. The van der Waals surface area contributed by atoms with E-state index in [2.05, 4.69) is 20.0 Å². The number of thiazole rings is 1. The predicted octanol–water partition coefficient (Wildman–Crippen LogP) is 2.43. The molecule has 1 aliphatic rings. The molecule has 0 atom stereocenters. The summed E-state index contributed by atoms with van der Waals surface area (Å²) in [5.74, 6) is 1.25. The SMILES string of the molecule is CCc1nc(CN2CCN(c3ncc(C(F)(F)F)s3)CC2)no1. The summed E-state index contributed by atoms with van der Waals surface area (Å²) in [6.07, 6.45) is -2.72. The molecule has 0 N–H and O–H groups in total. The third-order valence-electron chi connectivity index (χ3n) is 3.59. The molecule has 1 fully saturated rings. The molecule has 3 rings (SSSR count). The number of anilines is 1. The fraction of sp³-hybridized carbons (Fsp3) is 0.615. The molecule has 2 aromatic rings. The first-order chi connectivity index (χ1) is 11.0. The highest BCUT2D eigenvalue weighted by atomic mass is 32.1. The number of alkyl halides is 3. The highest BCUT2D eigenvalue weighted by molar-refractivity contribution is 7.15. The molecule has 1 aliphatic heterocycles. The van der Waals surface area contributed by atoms with E-state index >= 15 is 0 Å². The van der Waals surface area contributed by atoms with E-state index in [1.54, 1.807) is 0 Å². The van der Waals surface area contributed by atoms with Crippen molar-refractivity contribution in [1.82, 2.24) is 20.0 Å². The molecule has 0 spiro atoms. The first-order valence-electron chi connectivity index (χ1n) is 7.27. The van der Waals surface area contributed by atoms with E-state index in [9.17, 15) is 13.2 Å². The molecular formula is C13H16F3N5OS. The molecule has 0 amide bonds. The zero-order chi connectivity index (χ0) is 16.4. The van der Waals surface area contributed by atoms with E-state index in [4.69, 9.17) is 4.52 Å². The highest BCUT2D eigenvalue weighted by Crippen LogP contribution is 2.36. The van der Waals surface area contributed by atoms with Crippen LogP contribution in [0.4, 0.5) is 18.3 Å². The average Bonchev–Trinajstić information content (AvgIpc) is 3.16. The number of hydrogen-bond acceptors (Lipinski definition) is 7. The lowest BCUT2D eigenvalue weighted by molar-refractivity contribution is -0.134. The monoisotopic (exact) mass is 347 g/mol. The van der Waals surface area contributed by atoms with Gasteiger partial charge in [-0.25, -0.2) is 4.98 Å². The Bertz CT molecular complexity index is 648. The number of aryl methyl sites for hydroxylation is 1. The van der Waals surface area contributed by atoms with Gasteiger partial charge < -0.3 is 9.42 Å². The lowest BCUT2D eigenvalue weighted by Crippen LogP contribution is -2.46. The topological polar surface area (TPSA) is 58.3 Å². The summed E-state index contributed by atoms with van der Waals surface area (Å²) in [5, 5.41) is 4.33. The molecular weight excluding hydrogens is 331 g/mol. The van der Waals surface area contributed by atoms with Crippen LogP contribution in [-0.2, 0) is 19.1 Å². The van der Waals surface area contributed by atoms with Crippen LogP contribution in [0.15, 0.2) is 10.7 Å². The van der Waals surface area contributed by atoms with Crippen molar-refractivity contribution in [2.24, 2.45) is 0 Å². The molecule has 0 unspecified atom stereocenters. The molecule has 6 nitrogen and oxygen atoms in total. The van der Waals surface area contributed by atoms with Crippen LogP contribution in [0.25, 0.3) is 0 Å². The van der Waals surface area contributed by atoms with Crippen molar-refractivity contribution in [2.45, 2.75) is 26.1 Å². The van der Waals surface area contributed by atoms with Gasteiger partial charge in [0.1, 0.15) is 4.88 Å². The van der Waals surface area contributed by atoms with Crippen LogP contribution in [-0.4, -0.2) is 46.2 Å². The molecule has 0 aliphatic carbocycles. The summed E-state index contributed by atoms with van der Waals surface area (Å²) in [5.41, 5.74) is 0. The van der Waals surface area contributed by atoms with E-state index in [1.165, 1.54) is 0 Å². The standard InChI is InChI=1S/C13H16F3N5OS/c1-2-11-18-10(19-22-11)8-20-3-5-21(6-4-20)12-17-7-9(23-12)13(14,15)16/h7H,2-6,8H2,1H3. The normalized spacial score (nSPS) is 17.0. The van der Waals surface area contributed by atoms with Crippen molar-refractivity contribution in [3.05, 3.63) is 22.8 Å². The van der Waals surface area contributed by atoms with E-state index < -0.39 is 11.1 Å². The van der Waals surface area contributed by atoms with E-state index in [0.29, 0.717) is 54.2 Å². The Labute approximate surface area is 134 Å². The van der Waals surface area contributed by atoms with Crippen LogP contribution in [0.2, 0.25) is 0 Å². The fourth-order valence-electron chi connectivity index (χ4n) is 2.34. The molecule has 0 bridgehead atoms. The zero-order valence-electron chi connectivity index (χ0n) is 12.5. The summed E-state index contributed by atoms with van der Waals surface area (Å²) >= 11 is 0.689. The summed E-state index contributed by atoms with van der Waals surface area (Å²) in [6.45, 7) is 5.22. The van der Waals surface area contributed by atoms with Gasteiger partial charge in [0.2, 0.25) is 5.89 Å². The third kappa shape index (κ3) is 3.81. The number of aromatic nitrogens is 3. The molecule has 23 heavy (non-hydrogen) atoms. The number of hydrogen-bond donors (Lipinski definition) is 0. The molecule has 1 saturated heterocycles. The molecule has 2 aromatic heterocycles. The van der Waals surface area contributed by atoms with Crippen molar-refractivity contribution in [3.63, 3.8) is 0 Å². The average molecular weight is 347 g/mol. The summed E-state index contributed by atoms with van der Waals surface area (Å²) in [7, 11) is 0. The molecule has 0 saturated carbocycles. The summed E-state index contributed by atoms with van der Waals surface area (Å²) in [4.78, 5) is 11.5. The Morgan fingerprint density at radius 1 is 1.26 bits per heavy atom. The van der Waals surface area contributed by atoms with Crippen molar-refractivity contribution in [3.8, 4) is 0 Å². The predicted molar refractivity (Wildman–Crippen MR) is 78.3 cm³/mol. The van der Waals surface area contributed by atoms with Crippen LogP contribution in [0.3, 0.4) is 0 Å². The number of rotatable bonds is 4. The second-order valence-corrected chi connectivity index (χ2v) is 6.24. The maximum atomic E-state index is 12.6. The van der Waals surface area contributed by atoms with Crippen LogP contribution < -0.4 is 4.90 Å². The van der Waals surface area contributed by atoms with Crippen molar-refractivity contribution >= 4 is 16.5 Å². The van der Waals surface area contributed by atoms with Crippen molar-refractivity contribution < 1.29 is 17.7 Å². The van der Waals surface area contributed by atoms with Gasteiger partial charge in [-0.2, -0.15) is 18.2 Å². The minimum Gasteiger partial charge on any atom is -0.346 e. The first kappa shape index (κ1) is 16.2. The Kier molecular flexibility index (Phi) is 4.53. The second-order valence-electron chi connectivity index (χ2n) is 5.23. The van der Waals surface area contributed by atoms with E-state index in [1.807, 2.05) is 11.8 Å². The zero-order valence-corrected chi connectivity index (χ0v) is 13.3. The Hall–Kier alpha value is -1.68. The number of nitrogens with zero attached hydrogens (tertiary/aromatic N) is 5. The molecule has 0 aromatic carbocycles. The van der Waals surface area contributed by atoms with Crippen LogP contribution in [0.5, 0.6) is 0 Å². The Morgan fingerprint density at radius 2 is 2.00 bits per heavy atom. The van der Waals surface area contributed by atoms with Gasteiger partial charge in [-0.3, -0.25) is 4.90 Å². The minimum absolute atomic E-state index is 0.421. The van der Waals surface area contributed by atoms with Gasteiger partial charge in [-0.05, 0) is 0 Å². The van der Waals surface area contributed by atoms with E-state index in [0.717, 1.165) is 19.3 Å². The van der Waals surface area contributed by atoms with Crippen LogP contribution in [0, 0.1) is 0 Å². The maximum Gasteiger partial charge on any atom is 0.427 e. The summed E-state index contributed by atoms with van der Waals surface area (Å²) < 4.78 is 42.9. The lowest BCUT2D eigenvalue weighted by atomic mass is 10.3. The third-order valence-corrected chi connectivity index (χ3v) is 4.70. The van der Waals surface area contributed by atoms with Gasteiger partial charge in [-0.1, -0.05) is 23.4 Å². The number of piperazine rings is 1. The van der Waals surface area contributed by atoms with Gasteiger partial charge in [0.15, 0.2) is 11.0 Å². The fourth-order valence-corrected chi connectivity index (χ4v) is 3.17. The van der Waals surface area contributed by atoms with Gasteiger partial charge in [-0.15, -0.1) is 0 Å². The van der Waals surface area contributed by atoms with Crippen LogP contribution in [0.1, 0.15) is 23.5 Å². The quantitative estimate of drug-likeness (QED) is 0.847.